The monoisotopic (exact) mass is 314 g/mol. The van der Waals surface area contributed by atoms with Gasteiger partial charge in [0.25, 0.3) is 0 Å². The van der Waals surface area contributed by atoms with Crippen molar-refractivity contribution in [2.75, 3.05) is 18.7 Å². The largest absolute Gasteiger partial charge is 0.490 e. The van der Waals surface area contributed by atoms with Crippen molar-refractivity contribution in [1.29, 1.82) is 0 Å². The molecule has 0 aliphatic rings. The van der Waals surface area contributed by atoms with Gasteiger partial charge in [-0.25, -0.2) is 4.79 Å². The number of nitrogens with one attached hydrogen (secondary N) is 2. The van der Waals surface area contributed by atoms with E-state index in [1.54, 1.807) is 6.07 Å². The zero-order valence-electron chi connectivity index (χ0n) is 13.7. The smallest absolute Gasteiger partial charge is 0.321 e. The Morgan fingerprint density at radius 2 is 1.70 bits per heavy atom. The number of hydrogen-bond donors (Lipinski definition) is 2. The lowest BCUT2D eigenvalue weighted by molar-refractivity contribution is 0.229. The summed E-state index contributed by atoms with van der Waals surface area (Å²) in [6, 6.07) is 12.8. The van der Waals surface area contributed by atoms with Crippen LogP contribution >= 0.6 is 0 Å². The van der Waals surface area contributed by atoms with Crippen LogP contribution in [-0.4, -0.2) is 19.4 Å². The van der Waals surface area contributed by atoms with E-state index in [0.717, 1.165) is 16.8 Å². The maximum absolute atomic E-state index is 11.9. The fourth-order valence-electron chi connectivity index (χ4n) is 2.08. The molecule has 0 heterocycles. The topological polar surface area (TPSA) is 59.6 Å². The second-order valence-corrected chi connectivity index (χ2v) is 5.05. The van der Waals surface area contributed by atoms with Gasteiger partial charge in [0.05, 0.1) is 6.61 Å². The Bertz CT molecular complexity index is 671. The summed E-state index contributed by atoms with van der Waals surface area (Å²) in [5.74, 6) is 1.26. The number of carbonyl (C=O) groups excluding carboxylic acids is 1. The summed E-state index contributed by atoms with van der Waals surface area (Å²) in [5, 5.41) is 5.48. The maximum Gasteiger partial charge on any atom is 0.321 e. The molecular weight excluding hydrogens is 292 g/mol. The average Bonchev–Trinajstić information content (AvgIpc) is 2.54. The average molecular weight is 314 g/mol. The van der Waals surface area contributed by atoms with Gasteiger partial charge in [0, 0.05) is 5.69 Å². The molecule has 23 heavy (non-hydrogen) atoms. The van der Waals surface area contributed by atoms with E-state index in [4.69, 9.17) is 9.47 Å². The number of hydrogen-bond acceptors (Lipinski definition) is 3. The molecule has 0 fully saturated rings. The first-order valence-electron chi connectivity index (χ1n) is 7.57. The molecule has 0 aliphatic carbocycles. The molecule has 0 unspecified atom stereocenters. The number of aryl methyl sites for hydroxylation is 1. The van der Waals surface area contributed by atoms with E-state index in [0.29, 0.717) is 18.1 Å². The molecule has 0 aliphatic heterocycles. The van der Waals surface area contributed by atoms with E-state index in [-0.39, 0.29) is 12.8 Å². The molecule has 2 amide bonds. The minimum Gasteiger partial charge on any atom is -0.490 e. The van der Waals surface area contributed by atoms with Crippen LogP contribution in [-0.2, 0) is 0 Å². The number of amides is 2. The molecule has 2 rings (SSSR count). The molecule has 0 radical (unpaired) electrons. The first kappa shape index (κ1) is 16.7. The Kier molecular flexibility index (Phi) is 5.86. The Hall–Kier alpha value is -2.69. The van der Waals surface area contributed by atoms with Gasteiger partial charge >= 0.3 is 6.03 Å². The normalized spacial score (nSPS) is 10.0. The van der Waals surface area contributed by atoms with E-state index in [1.807, 2.05) is 57.2 Å². The zero-order chi connectivity index (χ0) is 16.7. The third-order valence-electron chi connectivity index (χ3n) is 3.46. The van der Waals surface area contributed by atoms with Gasteiger partial charge in [-0.15, -0.1) is 0 Å². The standard InChI is InChI=1S/C18H22N2O3/c1-4-22-16-10-5-6-11-17(16)23-12-19-18(21)20-15-9-7-8-13(2)14(15)3/h5-11H,4,12H2,1-3H3,(H2,19,20,21). The summed E-state index contributed by atoms with van der Waals surface area (Å²) >= 11 is 0. The van der Waals surface area contributed by atoms with Crippen molar-refractivity contribution in [3.05, 3.63) is 53.6 Å². The van der Waals surface area contributed by atoms with Crippen LogP contribution < -0.4 is 20.1 Å². The van der Waals surface area contributed by atoms with Gasteiger partial charge in [-0.1, -0.05) is 24.3 Å². The third kappa shape index (κ3) is 4.64. The van der Waals surface area contributed by atoms with E-state index in [9.17, 15) is 4.79 Å². The van der Waals surface area contributed by atoms with E-state index in [1.165, 1.54) is 0 Å². The molecule has 0 spiro atoms. The van der Waals surface area contributed by atoms with Gasteiger partial charge in [-0.2, -0.15) is 0 Å². The number of urea groups is 1. The molecule has 122 valence electrons. The van der Waals surface area contributed by atoms with Gasteiger partial charge in [-0.3, -0.25) is 0 Å². The van der Waals surface area contributed by atoms with Crippen LogP contribution in [0.25, 0.3) is 0 Å². The van der Waals surface area contributed by atoms with Crippen LogP contribution in [0.1, 0.15) is 18.1 Å². The molecule has 0 atom stereocenters. The second kappa shape index (κ2) is 8.08. The highest BCUT2D eigenvalue weighted by molar-refractivity contribution is 5.90. The predicted molar refractivity (Wildman–Crippen MR) is 91.2 cm³/mol. The number of para-hydroxylation sites is 2. The fraction of sp³-hybridized carbons (Fsp3) is 0.278. The van der Waals surface area contributed by atoms with Crippen LogP contribution in [0.5, 0.6) is 11.5 Å². The van der Waals surface area contributed by atoms with Crippen LogP contribution in [0, 0.1) is 13.8 Å². The van der Waals surface area contributed by atoms with Gasteiger partial charge in [-0.05, 0) is 50.1 Å². The van der Waals surface area contributed by atoms with E-state index in [2.05, 4.69) is 10.6 Å². The minimum atomic E-state index is -0.312. The van der Waals surface area contributed by atoms with Crippen molar-refractivity contribution >= 4 is 11.7 Å². The summed E-state index contributed by atoms with van der Waals surface area (Å²) < 4.78 is 11.0. The first-order chi connectivity index (χ1) is 11.1. The first-order valence-corrected chi connectivity index (χ1v) is 7.57. The Balaban J connectivity index is 1.87. The number of carbonyl (C=O) groups is 1. The Morgan fingerprint density at radius 3 is 2.39 bits per heavy atom. The minimum absolute atomic E-state index is 0.0563. The number of ether oxygens (including phenoxy) is 2. The lowest BCUT2D eigenvalue weighted by Gasteiger charge is -2.13. The quantitative estimate of drug-likeness (QED) is 0.796. The van der Waals surface area contributed by atoms with Crippen molar-refractivity contribution < 1.29 is 14.3 Å². The molecule has 0 saturated carbocycles. The highest BCUT2D eigenvalue weighted by Crippen LogP contribution is 2.26. The van der Waals surface area contributed by atoms with Crippen molar-refractivity contribution in [2.24, 2.45) is 0 Å². The molecule has 0 aromatic heterocycles. The number of benzene rings is 2. The van der Waals surface area contributed by atoms with Gasteiger partial charge < -0.3 is 20.1 Å². The van der Waals surface area contributed by atoms with Crippen LogP contribution in [0.3, 0.4) is 0 Å². The Labute approximate surface area is 136 Å². The highest BCUT2D eigenvalue weighted by Gasteiger charge is 2.07. The summed E-state index contributed by atoms with van der Waals surface area (Å²) in [6.45, 7) is 6.50. The van der Waals surface area contributed by atoms with Gasteiger partial charge in [0.1, 0.15) is 0 Å². The summed E-state index contributed by atoms with van der Waals surface area (Å²) in [7, 11) is 0. The van der Waals surface area contributed by atoms with Crippen molar-refractivity contribution in [3.8, 4) is 11.5 Å². The molecule has 0 saturated heterocycles. The highest BCUT2D eigenvalue weighted by atomic mass is 16.5. The fourth-order valence-corrected chi connectivity index (χ4v) is 2.08. The van der Waals surface area contributed by atoms with Crippen LogP contribution in [0.15, 0.2) is 42.5 Å². The van der Waals surface area contributed by atoms with Crippen molar-refractivity contribution in [2.45, 2.75) is 20.8 Å². The molecular formula is C18H22N2O3. The lowest BCUT2D eigenvalue weighted by atomic mass is 10.1. The molecule has 2 aromatic rings. The van der Waals surface area contributed by atoms with Crippen molar-refractivity contribution in [1.82, 2.24) is 5.32 Å². The van der Waals surface area contributed by atoms with Crippen LogP contribution in [0.4, 0.5) is 10.5 Å². The van der Waals surface area contributed by atoms with Crippen molar-refractivity contribution in [3.63, 3.8) is 0 Å². The molecule has 2 aromatic carbocycles. The molecule has 5 nitrogen and oxygen atoms in total. The second-order valence-electron chi connectivity index (χ2n) is 5.05. The lowest BCUT2D eigenvalue weighted by Crippen LogP contribution is -2.32. The summed E-state index contributed by atoms with van der Waals surface area (Å²) in [5.41, 5.74) is 2.96. The molecule has 2 N–H and O–H groups in total. The third-order valence-corrected chi connectivity index (χ3v) is 3.46. The SMILES string of the molecule is CCOc1ccccc1OCNC(=O)Nc1cccc(C)c1C. The Morgan fingerprint density at radius 1 is 1.00 bits per heavy atom. The van der Waals surface area contributed by atoms with Gasteiger partial charge in [0.2, 0.25) is 0 Å². The number of anilines is 1. The number of rotatable bonds is 6. The van der Waals surface area contributed by atoms with Gasteiger partial charge in [0.15, 0.2) is 18.2 Å². The molecule has 5 heteroatoms. The van der Waals surface area contributed by atoms with Crippen LogP contribution in [0.2, 0.25) is 0 Å². The van der Waals surface area contributed by atoms with E-state index < -0.39 is 0 Å². The summed E-state index contributed by atoms with van der Waals surface area (Å²) in [6.07, 6.45) is 0. The molecule has 0 bridgehead atoms. The zero-order valence-corrected chi connectivity index (χ0v) is 13.7. The van der Waals surface area contributed by atoms with E-state index >= 15 is 0 Å². The summed E-state index contributed by atoms with van der Waals surface area (Å²) in [4.78, 5) is 11.9. The predicted octanol–water partition coefficient (Wildman–Crippen LogP) is 3.86. The maximum atomic E-state index is 11.9.